The van der Waals surface area contributed by atoms with E-state index >= 15 is 0 Å². The predicted molar refractivity (Wildman–Crippen MR) is 83.3 cm³/mol. The molecule has 1 heterocycles. The van der Waals surface area contributed by atoms with E-state index < -0.39 is 0 Å². The highest BCUT2D eigenvalue weighted by Crippen LogP contribution is 2.20. The molecule has 110 valence electrons. The fourth-order valence-electron chi connectivity index (χ4n) is 2.37. The Hall–Kier alpha value is -1.10. The van der Waals surface area contributed by atoms with Crippen molar-refractivity contribution in [2.24, 2.45) is 0 Å². The Bertz CT molecular complexity index is 492. The van der Waals surface area contributed by atoms with Crippen LogP contribution in [-0.4, -0.2) is 42.5 Å². The van der Waals surface area contributed by atoms with Gasteiger partial charge in [-0.2, -0.15) is 0 Å². The van der Waals surface area contributed by atoms with Crippen LogP contribution in [0.2, 0.25) is 5.02 Å². The van der Waals surface area contributed by atoms with Crippen molar-refractivity contribution in [3.8, 4) is 0 Å². The second-order valence-corrected chi connectivity index (χ2v) is 6.01. The summed E-state index contributed by atoms with van der Waals surface area (Å²) in [7, 11) is 0. The highest BCUT2D eigenvalue weighted by molar-refractivity contribution is 6.31. The molecule has 1 aromatic rings. The lowest BCUT2D eigenvalue weighted by molar-refractivity contribution is -0.118. The van der Waals surface area contributed by atoms with Crippen LogP contribution in [-0.2, 0) is 4.79 Å². The molecule has 5 heteroatoms. The fraction of sp³-hybridized carbons (Fsp3) is 0.533. The molecule has 1 saturated heterocycles. The number of nitrogens with zero attached hydrogens (tertiary/aromatic N) is 1. The third-order valence-corrected chi connectivity index (χ3v) is 4.10. The van der Waals surface area contributed by atoms with E-state index in [2.05, 4.69) is 29.4 Å². The zero-order valence-electron chi connectivity index (χ0n) is 12.2. The van der Waals surface area contributed by atoms with Crippen LogP contribution >= 0.6 is 11.6 Å². The molecule has 0 radical (unpaired) electrons. The van der Waals surface area contributed by atoms with E-state index in [1.54, 1.807) is 6.07 Å². The maximum absolute atomic E-state index is 12.1. The zero-order valence-corrected chi connectivity index (χ0v) is 13.0. The first-order valence-corrected chi connectivity index (χ1v) is 7.37. The highest BCUT2D eigenvalue weighted by atomic mass is 35.5. The van der Waals surface area contributed by atoms with E-state index in [4.69, 9.17) is 11.6 Å². The lowest BCUT2D eigenvalue weighted by Gasteiger charge is -2.36. The van der Waals surface area contributed by atoms with Gasteiger partial charge in [0.05, 0.1) is 6.54 Å². The maximum Gasteiger partial charge on any atom is 0.238 e. The SMILES string of the molecule is Cc1ccc(NC(=O)CN2CC(C)NCC2C)cc1Cl. The molecule has 2 unspecified atom stereocenters. The molecule has 1 aliphatic rings. The zero-order chi connectivity index (χ0) is 14.7. The first kappa shape index (κ1) is 15.3. The van der Waals surface area contributed by atoms with Gasteiger partial charge in [-0.3, -0.25) is 9.69 Å². The van der Waals surface area contributed by atoms with Gasteiger partial charge in [-0.15, -0.1) is 0 Å². The maximum atomic E-state index is 12.1. The van der Waals surface area contributed by atoms with Crippen LogP contribution in [0.5, 0.6) is 0 Å². The summed E-state index contributed by atoms with van der Waals surface area (Å²) in [5.74, 6) is 0.00543. The number of aryl methyl sites for hydroxylation is 1. The topological polar surface area (TPSA) is 44.4 Å². The van der Waals surface area contributed by atoms with Gasteiger partial charge in [0.15, 0.2) is 0 Å². The lowest BCUT2D eigenvalue weighted by Crippen LogP contribution is -2.55. The number of hydrogen-bond acceptors (Lipinski definition) is 3. The van der Waals surface area contributed by atoms with E-state index in [1.165, 1.54) is 0 Å². The molecule has 4 nitrogen and oxygen atoms in total. The molecule has 2 atom stereocenters. The second-order valence-electron chi connectivity index (χ2n) is 5.60. The number of amides is 1. The third kappa shape index (κ3) is 3.95. The number of hydrogen-bond donors (Lipinski definition) is 2. The average molecular weight is 296 g/mol. The number of carbonyl (C=O) groups is 1. The largest absolute Gasteiger partial charge is 0.325 e. The molecule has 1 aromatic carbocycles. The molecule has 1 amide bonds. The summed E-state index contributed by atoms with van der Waals surface area (Å²) in [6.45, 7) is 8.44. The van der Waals surface area contributed by atoms with E-state index in [-0.39, 0.29) is 5.91 Å². The lowest BCUT2D eigenvalue weighted by atomic mass is 10.1. The molecule has 1 aliphatic heterocycles. The van der Waals surface area contributed by atoms with Gasteiger partial charge >= 0.3 is 0 Å². The van der Waals surface area contributed by atoms with E-state index in [0.29, 0.717) is 23.7 Å². The van der Waals surface area contributed by atoms with Crippen molar-refractivity contribution in [3.05, 3.63) is 28.8 Å². The van der Waals surface area contributed by atoms with Crippen molar-refractivity contribution < 1.29 is 4.79 Å². The normalized spacial score (nSPS) is 23.6. The van der Waals surface area contributed by atoms with Crippen LogP contribution in [0.25, 0.3) is 0 Å². The van der Waals surface area contributed by atoms with Crippen LogP contribution in [0, 0.1) is 6.92 Å². The molecular weight excluding hydrogens is 274 g/mol. The Kier molecular flexibility index (Phi) is 5.02. The van der Waals surface area contributed by atoms with E-state index in [0.717, 1.165) is 24.3 Å². The summed E-state index contributed by atoms with van der Waals surface area (Å²) in [6, 6.07) is 6.38. The number of nitrogens with one attached hydrogen (secondary N) is 2. The second kappa shape index (κ2) is 6.57. The minimum Gasteiger partial charge on any atom is -0.325 e. The van der Waals surface area contributed by atoms with E-state index in [9.17, 15) is 4.79 Å². The third-order valence-electron chi connectivity index (χ3n) is 3.70. The molecule has 1 fully saturated rings. The Morgan fingerprint density at radius 2 is 2.25 bits per heavy atom. The van der Waals surface area contributed by atoms with Gasteiger partial charge in [0.25, 0.3) is 0 Å². The number of piperazine rings is 1. The Labute approximate surface area is 125 Å². The van der Waals surface area contributed by atoms with Gasteiger partial charge in [-0.25, -0.2) is 0 Å². The minimum absolute atomic E-state index is 0.00543. The van der Waals surface area contributed by atoms with Gasteiger partial charge in [0.1, 0.15) is 0 Å². The number of rotatable bonds is 3. The minimum atomic E-state index is 0.00543. The van der Waals surface area contributed by atoms with Crippen LogP contribution in [0.4, 0.5) is 5.69 Å². The van der Waals surface area contributed by atoms with E-state index in [1.807, 2.05) is 19.1 Å². The smallest absolute Gasteiger partial charge is 0.238 e. The number of carbonyl (C=O) groups excluding carboxylic acids is 1. The molecular formula is C15H22ClN3O. The molecule has 20 heavy (non-hydrogen) atoms. The van der Waals surface area contributed by atoms with Crippen LogP contribution < -0.4 is 10.6 Å². The fourth-order valence-corrected chi connectivity index (χ4v) is 2.55. The van der Waals surface area contributed by atoms with Crippen LogP contribution in [0.15, 0.2) is 18.2 Å². The summed E-state index contributed by atoms with van der Waals surface area (Å²) in [5, 5.41) is 6.99. The van der Waals surface area contributed by atoms with Crippen molar-refractivity contribution >= 4 is 23.2 Å². The number of halogens is 1. The Balaban J connectivity index is 1.93. The molecule has 0 saturated carbocycles. The number of anilines is 1. The summed E-state index contributed by atoms with van der Waals surface area (Å²) in [5.41, 5.74) is 1.76. The van der Waals surface area contributed by atoms with Crippen molar-refractivity contribution in [2.75, 3.05) is 25.0 Å². The van der Waals surface area contributed by atoms with Gasteiger partial charge in [-0.1, -0.05) is 17.7 Å². The van der Waals surface area contributed by atoms with Crippen molar-refractivity contribution in [3.63, 3.8) is 0 Å². The molecule has 0 bridgehead atoms. The monoisotopic (exact) mass is 295 g/mol. The van der Waals surface area contributed by atoms with Gasteiger partial charge in [0.2, 0.25) is 5.91 Å². The molecule has 2 N–H and O–H groups in total. The van der Waals surface area contributed by atoms with Crippen molar-refractivity contribution in [2.45, 2.75) is 32.9 Å². The van der Waals surface area contributed by atoms with Crippen molar-refractivity contribution in [1.29, 1.82) is 0 Å². The number of benzene rings is 1. The quantitative estimate of drug-likeness (QED) is 0.899. The summed E-state index contributed by atoms with van der Waals surface area (Å²) < 4.78 is 0. The Morgan fingerprint density at radius 1 is 1.50 bits per heavy atom. The van der Waals surface area contributed by atoms with Gasteiger partial charge in [-0.05, 0) is 38.5 Å². The summed E-state index contributed by atoms with van der Waals surface area (Å²) in [6.07, 6.45) is 0. The first-order valence-electron chi connectivity index (χ1n) is 6.99. The van der Waals surface area contributed by atoms with Crippen LogP contribution in [0.1, 0.15) is 19.4 Å². The average Bonchev–Trinajstić information content (AvgIpc) is 2.38. The summed E-state index contributed by atoms with van der Waals surface area (Å²) in [4.78, 5) is 14.3. The molecule has 0 aromatic heterocycles. The highest BCUT2D eigenvalue weighted by Gasteiger charge is 2.23. The summed E-state index contributed by atoms with van der Waals surface area (Å²) >= 11 is 6.06. The van der Waals surface area contributed by atoms with Crippen molar-refractivity contribution in [1.82, 2.24) is 10.2 Å². The van der Waals surface area contributed by atoms with Gasteiger partial charge in [0, 0.05) is 35.9 Å². The van der Waals surface area contributed by atoms with Crippen LogP contribution in [0.3, 0.4) is 0 Å². The first-order chi connectivity index (χ1) is 9.45. The molecule has 0 aliphatic carbocycles. The molecule has 0 spiro atoms. The predicted octanol–water partition coefficient (Wildman–Crippen LogP) is 2.27. The Morgan fingerprint density at radius 3 is 2.95 bits per heavy atom. The standard InChI is InChI=1S/C15H22ClN3O/c1-10-4-5-13(6-14(10)16)18-15(20)9-19-8-11(2)17-7-12(19)3/h4-6,11-12,17H,7-9H2,1-3H3,(H,18,20). The van der Waals surface area contributed by atoms with Gasteiger partial charge < -0.3 is 10.6 Å². The molecule has 2 rings (SSSR count).